The van der Waals surface area contributed by atoms with Crippen LogP contribution in [-0.2, 0) is 12.8 Å². The molecule has 0 amide bonds. The Balaban J connectivity index is 1.99. The first kappa shape index (κ1) is 12.8. The lowest BCUT2D eigenvalue weighted by atomic mass is 10.0. The van der Waals surface area contributed by atoms with Crippen LogP contribution in [0, 0.1) is 5.82 Å². The Kier molecular flexibility index (Phi) is 4.53. The molecule has 0 fully saturated rings. The Morgan fingerprint density at radius 2 is 1.94 bits per heavy atom. The largest absolute Gasteiger partial charge is 0.469 e. The summed E-state index contributed by atoms with van der Waals surface area (Å²) in [5, 5.41) is 3.43. The smallest absolute Gasteiger partial charge is 0.123 e. The molecule has 1 unspecified atom stereocenters. The van der Waals surface area contributed by atoms with Crippen LogP contribution in [0.15, 0.2) is 47.1 Å². The molecule has 1 N–H and O–H groups in total. The third-order valence-corrected chi connectivity index (χ3v) is 2.92. The normalized spacial score (nSPS) is 12.6. The maximum Gasteiger partial charge on any atom is 0.123 e. The van der Waals surface area contributed by atoms with Crippen molar-refractivity contribution >= 4 is 0 Å². The van der Waals surface area contributed by atoms with E-state index in [0.717, 1.165) is 30.7 Å². The Labute approximate surface area is 107 Å². The van der Waals surface area contributed by atoms with Gasteiger partial charge in [0.25, 0.3) is 0 Å². The summed E-state index contributed by atoms with van der Waals surface area (Å²) in [5.74, 6) is 0.785. The van der Waals surface area contributed by atoms with Crippen LogP contribution in [0.4, 0.5) is 4.39 Å². The van der Waals surface area contributed by atoms with Gasteiger partial charge in [0.1, 0.15) is 11.6 Å². The van der Waals surface area contributed by atoms with Crippen LogP contribution in [0.1, 0.15) is 18.2 Å². The van der Waals surface area contributed by atoms with Crippen molar-refractivity contribution in [1.29, 1.82) is 0 Å². The lowest BCUT2D eigenvalue weighted by molar-refractivity contribution is 0.444. The molecule has 1 atom stereocenters. The zero-order valence-electron chi connectivity index (χ0n) is 10.5. The van der Waals surface area contributed by atoms with Gasteiger partial charge in [-0.3, -0.25) is 0 Å². The Hall–Kier alpha value is -1.61. The fourth-order valence-electron chi connectivity index (χ4n) is 2.08. The second-order valence-electron chi connectivity index (χ2n) is 4.37. The van der Waals surface area contributed by atoms with E-state index in [1.54, 1.807) is 6.26 Å². The fourth-order valence-corrected chi connectivity index (χ4v) is 2.08. The molecule has 0 aliphatic carbocycles. The van der Waals surface area contributed by atoms with Gasteiger partial charge in [-0.05, 0) is 42.8 Å². The van der Waals surface area contributed by atoms with E-state index in [9.17, 15) is 4.39 Å². The summed E-state index contributed by atoms with van der Waals surface area (Å²) >= 11 is 0. The molecule has 0 bridgehead atoms. The van der Waals surface area contributed by atoms with E-state index in [2.05, 4.69) is 12.2 Å². The third-order valence-electron chi connectivity index (χ3n) is 2.92. The molecule has 2 aromatic rings. The number of rotatable bonds is 6. The first-order valence-electron chi connectivity index (χ1n) is 6.28. The first-order valence-corrected chi connectivity index (χ1v) is 6.28. The van der Waals surface area contributed by atoms with Gasteiger partial charge in [-0.15, -0.1) is 0 Å². The Morgan fingerprint density at radius 1 is 1.17 bits per heavy atom. The van der Waals surface area contributed by atoms with Gasteiger partial charge in [0.05, 0.1) is 6.26 Å². The van der Waals surface area contributed by atoms with Crippen LogP contribution in [-0.4, -0.2) is 12.6 Å². The van der Waals surface area contributed by atoms with Gasteiger partial charge >= 0.3 is 0 Å². The van der Waals surface area contributed by atoms with Gasteiger partial charge in [-0.25, -0.2) is 4.39 Å². The molecular weight excluding hydrogens is 229 g/mol. The highest BCUT2D eigenvalue weighted by atomic mass is 19.1. The van der Waals surface area contributed by atoms with E-state index >= 15 is 0 Å². The van der Waals surface area contributed by atoms with Crippen molar-refractivity contribution in [2.75, 3.05) is 6.54 Å². The maximum atomic E-state index is 12.8. The van der Waals surface area contributed by atoms with Crippen molar-refractivity contribution in [1.82, 2.24) is 5.32 Å². The predicted octanol–water partition coefficient (Wildman–Crippen LogP) is 3.18. The highest BCUT2D eigenvalue weighted by Crippen LogP contribution is 2.10. The molecule has 2 rings (SSSR count). The van der Waals surface area contributed by atoms with Crippen molar-refractivity contribution < 1.29 is 8.81 Å². The zero-order chi connectivity index (χ0) is 12.8. The van der Waals surface area contributed by atoms with Gasteiger partial charge < -0.3 is 9.73 Å². The highest BCUT2D eigenvalue weighted by molar-refractivity contribution is 5.17. The summed E-state index contributed by atoms with van der Waals surface area (Å²) in [6.45, 7) is 2.99. The van der Waals surface area contributed by atoms with Gasteiger partial charge in [0.15, 0.2) is 0 Å². The van der Waals surface area contributed by atoms with E-state index in [1.807, 2.05) is 24.3 Å². The van der Waals surface area contributed by atoms with Crippen molar-refractivity contribution in [3.05, 3.63) is 59.8 Å². The minimum atomic E-state index is -0.190. The van der Waals surface area contributed by atoms with Crippen molar-refractivity contribution in [2.24, 2.45) is 0 Å². The maximum absolute atomic E-state index is 12.8. The second-order valence-corrected chi connectivity index (χ2v) is 4.37. The van der Waals surface area contributed by atoms with E-state index in [-0.39, 0.29) is 5.82 Å². The molecule has 1 aromatic carbocycles. The van der Waals surface area contributed by atoms with Gasteiger partial charge in [-0.1, -0.05) is 19.1 Å². The summed E-state index contributed by atoms with van der Waals surface area (Å²) in [7, 11) is 0. The summed E-state index contributed by atoms with van der Waals surface area (Å²) in [5.41, 5.74) is 1.13. The number of halogens is 1. The molecule has 1 heterocycles. The molecular formula is C15H18FNO. The molecule has 96 valence electrons. The average molecular weight is 247 g/mol. The summed E-state index contributed by atoms with van der Waals surface area (Å²) in [6.07, 6.45) is 3.41. The van der Waals surface area contributed by atoms with Crippen LogP contribution >= 0.6 is 0 Å². The molecule has 2 nitrogen and oxygen atoms in total. The number of hydrogen-bond donors (Lipinski definition) is 1. The van der Waals surface area contributed by atoms with Gasteiger partial charge in [-0.2, -0.15) is 0 Å². The minimum absolute atomic E-state index is 0.190. The predicted molar refractivity (Wildman–Crippen MR) is 70.0 cm³/mol. The number of benzene rings is 1. The van der Waals surface area contributed by atoms with E-state index in [1.165, 1.54) is 12.1 Å². The molecule has 3 heteroatoms. The summed E-state index contributed by atoms with van der Waals surface area (Å²) in [6, 6.07) is 10.9. The molecule has 0 spiro atoms. The number of likely N-dealkylation sites (N-methyl/N-ethyl adjacent to an activating group) is 1. The van der Waals surface area contributed by atoms with E-state index in [0.29, 0.717) is 6.04 Å². The molecule has 0 saturated heterocycles. The lowest BCUT2D eigenvalue weighted by Gasteiger charge is -2.16. The number of hydrogen-bond acceptors (Lipinski definition) is 2. The fraction of sp³-hybridized carbons (Fsp3) is 0.333. The van der Waals surface area contributed by atoms with E-state index < -0.39 is 0 Å². The molecule has 0 aliphatic heterocycles. The molecule has 0 saturated carbocycles. The van der Waals surface area contributed by atoms with Crippen molar-refractivity contribution in [2.45, 2.75) is 25.8 Å². The van der Waals surface area contributed by atoms with Crippen LogP contribution < -0.4 is 5.32 Å². The summed E-state index contributed by atoms with van der Waals surface area (Å²) in [4.78, 5) is 0. The average Bonchev–Trinajstić information content (AvgIpc) is 2.85. The quantitative estimate of drug-likeness (QED) is 0.848. The molecule has 0 aliphatic rings. The monoisotopic (exact) mass is 247 g/mol. The molecule has 1 aromatic heterocycles. The topological polar surface area (TPSA) is 25.2 Å². The second kappa shape index (κ2) is 6.36. The minimum Gasteiger partial charge on any atom is -0.469 e. The zero-order valence-corrected chi connectivity index (χ0v) is 10.5. The standard InChI is InChI=1S/C15H18FNO/c1-2-17-14(11-15-4-3-9-18-15)10-12-5-7-13(16)8-6-12/h3-9,14,17H,2,10-11H2,1H3. The number of furan rings is 1. The van der Waals surface area contributed by atoms with E-state index in [4.69, 9.17) is 4.42 Å². The Bertz CT molecular complexity index is 450. The van der Waals surface area contributed by atoms with Crippen molar-refractivity contribution in [3.63, 3.8) is 0 Å². The van der Waals surface area contributed by atoms with Crippen LogP contribution in [0.5, 0.6) is 0 Å². The molecule has 18 heavy (non-hydrogen) atoms. The SMILES string of the molecule is CCNC(Cc1ccc(F)cc1)Cc1ccco1. The third kappa shape index (κ3) is 3.70. The molecule has 0 radical (unpaired) electrons. The number of nitrogens with one attached hydrogen (secondary N) is 1. The van der Waals surface area contributed by atoms with Crippen LogP contribution in [0.25, 0.3) is 0 Å². The first-order chi connectivity index (χ1) is 8.78. The lowest BCUT2D eigenvalue weighted by Crippen LogP contribution is -2.32. The highest BCUT2D eigenvalue weighted by Gasteiger charge is 2.11. The van der Waals surface area contributed by atoms with Gasteiger partial charge in [0, 0.05) is 12.5 Å². The van der Waals surface area contributed by atoms with Gasteiger partial charge in [0.2, 0.25) is 0 Å². The Morgan fingerprint density at radius 3 is 2.56 bits per heavy atom. The summed E-state index contributed by atoms with van der Waals surface area (Å²) < 4.78 is 18.2. The van der Waals surface area contributed by atoms with Crippen molar-refractivity contribution in [3.8, 4) is 0 Å². The van der Waals surface area contributed by atoms with Crippen LogP contribution in [0.3, 0.4) is 0 Å². The van der Waals surface area contributed by atoms with Crippen LogP contribution in [0.2, 0.25) is 0 Å².